The fraction of sp³-hybridized carbons (Fsp3) is 0. The summed E-state index contributed by atoms with van der Waals surface area (Å²) in [5.41, 5.74) is 6.20. The number of nitrogens with two attached hydrogens (primary N) is 1. The SMILES string of the molecule is Nc1ccc2ccc(O)cc2n1. The molecular formula is C9H8N2O. The van der Waals surface area contributed by atoms with E-state index >= 15 is 0 Å². The van der Waals surface area contributed by atoms with Crippen molar-refractivity contribution in [2.24, 2.45) is 0 Å². The predicted octanol–water partition coefficient (Wildman–Crippen LogP) is 1.52. The third-order valence-electron chi connectivity index (χ3n) is 1.70. The molecule has 0 radical (unpaired) electrons. The van der Waals surface area contributed by atoms with Crippen molar-refractivity contribution < 1.29 is 5.11 Å². The van der Waals surface area contributed by atoms with Gasteiger partial charge in [-0.1, -0.05) is 0 Å². The lowest BCUT2D eigenvalue weighted by atomic mass is 10.2. The number of hydrogen-bond donors (Lipinski definition) is 2. The van der Waals surface area contributed by atoms with Crippen molar-refractivity contribution in [3.05, 3.63) is 30.3 Å². The van der Waals surface area contributed by atoms with Crippen LogP contribution >= 0.6 is 0 Å². The van der Waals surface area contributed by atoms with Crippen molar-refractivity contribution in [1.82, 2.24) is 4.98 Å². The molecule has 0 aliphatic carbocycles. The molecule has 3 nitrogen and oxygen atoms in total. The maximum absolute atomic E-state index is 9.14. The van der Waals surface area contributed by atoms with Gasteiger partial charge in [0, 0.05) is 11.5 Å². The molecule has 0 unspecified atom stereocenters. The molecule has 3 N–H and O–H groups in total. The summed E-state index contributed by atoms with van der Waals surface area (Å²) in [5, 5.41) is 10.1. The van der Waals surface area contributed by atoms with Crippen LogP contribution in [0.2, 0.25) is 0 Å². The molecule has 0 saturated carbocycles. The first-order valence-electron chi connectivity index (χ1n) is 3.61. The Labute approximate surface area is 69.5 Å². The van der Waals surface area contributed by atoms with E-state index in [1.165, 1.54) is 0 Å². The van der Waals surface area contributed by atoms with E-state index in [0.29, 0.717) is 5.82 Å². The van der Waals surface area contributed by atoms with E-state index in [4.69, 9.17) is 10.8 Å². The zero-order valence-corrected chi connectivity index (χ0v) is 6.36. The molecule has 0 saturated heterocycles. The fourth-order valence-electron chi connectivity index (χ4n) is 1.12. The fourth-order valence-corrected chi connectivity index (χ4v) is 1.12. The van der Waals surface area contributed by atoms with E-state index in [1.54, 1.807) is 24.3 Å². The summed E-state index contributed by atoms with van der Waals surface area (Å²) in [4.78, 5) is 4.05. The highest BCUT2D eigenvalue weighted by molar-refractivity contribution is 5.81. The van der Waals surface area contributed by atoms with Crippen LogP contribution in [0.4, 0.5) is 5.82 Å². The molecule has 0 amide bonds. The van der Waals surface area contributed by atoms with Crippen LogP contribution < -0.4 is 5.73 Å². The van der Waals surface area contributed by atoms with Crippen molar-refractivity contribution in [2.45, 2.75) is 0 Å². The summed E-state index contributed by atoms with van der Waals surface area (Å²) in [6.45, 7) is 0. The standard InChI is InChI=1S/C9H8N2O/c10-9-4-2-6-1-3-7(12)5-8(6)11-9/h1-5,12H,(H2,10,11). The van der Waals surface area contributed by atoms with Crippen LogP contribution in [0, 0.1) is 0 Å². The Balaban J connectivity index is 2.80. The Morgan fingerprint density at radius 3 is 2.75 bits per heavy atom. The highest BCUT2D eigenvalue weighted by Crippen LogP contribution is 2.18. The van der Waals surface area contributed by atoms with E-state index in [9.17, 15) is 0 Å². The van der Waals surface area contributed by atoms with Crippen molar-refractivity contribution in [2.75, 3.05) is 5.73 Å². The van der Waals surface area contributed by atoms with Crippen molar-refractivity contribution in [1.29, 1.82) is 0 Å². The smallest absolute Gasteiger partial charge is 0.124 e. The minimum Gasteiger partial charge on any atom is -0.508 e. The highest BCUT2D eigenvalue weighted by Gasteiger charge is 1.95. The Hall–Kier alpha value is -1.77. The highest BCUT2D eigenvalue weighted by atomic mass is 16.3. The van der Waals surface area contributed by atoms with Gasteiger partial charge in [-0.3, -0.25) is 0 Å². The molecule has 12 heavy (non-hydrogen) atoms. The maximum Gasteiger partial charge on any atom is 0.124 e. The average Bonchev–Trinajstić information content (AvgIpc) is 2.03. The quantitative estimate of drug-likeness (QED) is 0.614. The number of anilines is 1. The molecule has 1 aromatic carbocycles. The molecule has 0 fully saturated rings. The molecular weight excluding hydrogens is 152 g/mol. The van der Waals surface area contributed by atoms with Gasteiger partial charge in [-0.2, -0.15) is 0 Å². The van der Waals surface area contributed by atoms with Crippen LogP contribution in [-0.2, 0) is 0 Å². The van der Waals surface area contributed by atoms with Gasteiger partial charge in [-0.25, -0.2) is 4.98 Å². The number of phenols is 1. The summed E-state index contributed by atoms with van der Waals surface area (Å²) in [7, 11) is 0. The number of nitrogen functional groups attached to an aromatic ring is 1. The van der Waals surface area contributed by atoms with Crippen LogP contribution in [0.25, 0.3) is 10.9 Å². The normalized spacial score (nSPS) is 10.3. The van der Waals surface area contributed by atoms with Crippen molar-refractivity contribution in [3.63, 3.8) is 0 Å². The largest absolute Gasteiger partial charge is 0.508 e. The summed E-state index contributed by atoms with van der Waals surface area (Å²) < 4.78 is 0. The van der Waals surface area contributed by atoms with E-state index in [1.807, 2.05) is 6.07 Å². The first-order chi connectivity index (χ1) is 5.75. The molecule has 1 aromatic heterocycles. The minimum atomic E-state index is 0.209. The van der Waals surface area contributed by atoms with Crippen molar-refractivity contribution in [3.8, 4) is 5.75 Å². The van der Waals surface area contributed by atoms with E-state index in [2.05, 4.69) is 4.98 Å². The molecule has 2 rings (SSSR count). The number of fused-ring (bicyclic) bond motifs is 1. The topological polar surface area (TPSA) is 59.1 Å². The zero-order chi connectivity index (χ0) is 8.55. The summed E-state index contributed by atoms with van der Waals surface area (Å²) in [5.74, 6) is 0.675. The Bertz CT molecular complexity index is 389. The Morgan fingerprint density at radius 1 is 1.17 bits per heavy atom. The van der Waals surface area contributed by atoms with Gasteiger partial charge in [0.15, 0.2) is 0 Å². The van der Waals surface area contributed by atoms with Gasteiger partial charge in [0.1, 0.15) is 11.6 Å². The average molecular weight is 160 g/mol. The first kappa shape index (κ1) is 6.91. The lowest BCUT2D eigenvalue weighted by molar-refractivity contribution is 0.476. The van der Waals surface area contributed by atoms with Crippen molar-refractivity contribution >= 4 is 16.7 Å². The zero-order valence-electron chi connectivity index (χ0n) is 6.36. The van der Waals surface area contributed by atoms with Gasteiger partial charge < -0.3 is 10.8 Å². The van der Waals surface area contributed by atoms with Gasteiger partial charge in [0.2, 0.25) is 0 Å². The monoisotopic (exact) mass is 160 g/mol. The predicted molar refractivity (Wildman–Crippen MR) is 47.8 cm³/mol. The number of nitrogens with zero attached hydrogens (tertiary/aromatic N) is 1. The second-order valence-electron chi connectivity index (χ2n) is 2.61. The number of aromatic nitrogens is 1. The molecule has 60 valence electrons. The van der Waals surface area contributed by atoms with E-state index in [0.717, 1.165) is 10.9 Å². The van der Waals surface area contributed by atoms with Gasteiger partial charge >= 0.3 is 0 Å². The molecule has 0 spiro atoms. The number of hydrogen-bond acceptors (Lipinski definition) is 3. The molecule has 0 atom stereocenters. The van der Waals surface area contributed by atoms with E-state index in [-0.39, 0.29) is 5.75 Å². The van der Waals surface area contributed by atoms with Gasteiger partial charge in [0.05, 0.1) is 5.52 Å². The molecule has 1 heterocycles. The van der Waals surface area contributed by atoms with Crippen LogP contribution in [0.5, 0.6) is 5.75 Å². The minimum absolute atomic E-state index is 0.209. The molecule has 2 aromatic rings. The summed E-state index contributed by atoms with van der Waals surface area (Å²) in [6.07, 6.45) is 0. The molecule has 3 heteroatoms. The molecule has 0 aliphatic heterocycles. The number of phenolic OH excluding ortho intramolecular Hbond substituents is 1. The number of benzene rings is 1. The Morgan fingerprint density at radius 2 is 1.92 bits per heavy atom. The summed E-state index contributed by atoms with van der Waals surface area (Å²) >= 11 is 0. The second-order valence-corrected chi connectivity index (χ2v) is 2.61. The van der Waals surface area contributed by atoms with Gasteiger partial charge in [-0.15, -0.1) is 0 Å². The lowest BCUT2D eigenvalue weighted by Gasteiger charge is -1.98. The number of rotatable bonds is 0. The van der Waals surface area contributed by atoms with Gasteiger partial charge in [0.25, 0.3) is 0 Å². The Kier molecular flexibility index (Phi) is 1.37. The van der Waals surface area contributed by atoms with Crippen LogP contribution in [0.3, 0.4) is 0 Å². The number of pyridine rings is 1. The van der Waals surface area contributed by atoms with Gasteiger partial charge in [-0.05, 0) is 24.3 Å². The molecule has 0 bridgehead atoms. The number of aromatic hydroxyl groups is 1. The van der Waals surface area contributed by atoms with Crippen LogP contribution in [0.1, 0.15) is 0 Å². The van der Waals surface area contributed by atoms with Crippen LogP contribution in [0.15, 0.2) is 30.3 Å². The first-order valence-corrected chi connectivity index (χ1v) is 3.61. The second kappa shape index (κ2) is 2.37. The van der Waals surface area contributed by atoms with E-state index < -0.39 is 0 Å². The van der Waals surface area contributed by atoms with Crippen LogP contribution in [-0.4, -0.2) is 10.1 Å². The maximum atomic E-state index is 9.14. The third kappa shape index (κ3) is 1.05. The third-order valence-corrected chi connectivity index (χ3v) is 1.70. The molecule has 0 aliphatic rings. The summed E-state index contributed by atoms with van der Waals surface area (Å²) in [6, 6.07) is 8.62. The lowest BCUT2D eigenvalue weighted by Crippen LogP contribution is -1.88.